The third-order valence-electron chi connectivity index (χ3n) is 5.80. The Bertz CT molecular complexity index is 1140. The van der Waals surface area contributed by atoms with Gasteiger partial charge in [0, 0.05) is 43.3 Å². The van der Waals surface area contributed by atoms with E-state index in [4.69, 9.17) is 9.47 Å². The van der Waals surface area contributed by atoms with Crippen LogP contribution in [0, 0.1) is 0 Å². The summed E-state index contributed by atoms with van der Waals surface area (Å²) in [6.45, 7) is 1.17. The highest BCUT2D eigenvalue weighted by atomic mass is 32.2. The van der Waals surface area contributed by atoms with E-state index in [0.29, 0.717) is 30.5 Å². The van der Waals surface area contributed by atoms with Gasteiger partial charge in [0.1, 0.15) is 0 Å². The fourth-order valence-corrected chi connectivity index (χ4v) is 5.78. The first-order chi connectivity index (χ1) is 13.5. The molecule has 2 aliphatic heterocycles. The maximum atomic E-state index is 13.1. The normalized spacial score (nSPS) is 18.0. The highest BCUT2D eigenvalue weighted by molar-refractivity contribution is 7.89. The van der Waals surface area contributed by atoms with E-state index in [0.717, 1.165) is 12.8 Å². The van der Waals surface area contributed by atoms with Crippen molar-refractivity contribution in [1.29, 1.82) is 0 Å². The van der Waals surface area contributed by atoms with Crippen LogP contribution in [0.3, 0.4) is 0 Å². The number of benzene rings is 2. The summed E-state index contributed by atoms with van der Waals surface area (Å²) in [6.07, 6.45) is 3.83. The van der Waals surface area contributed by atoms with Crippen molar-refractivity contribution in [2.45, 2.75) is 23.7 Å². The second-order valence-electron chi connectivity index (χ2n) is 7.41. The van der Waals surface area contributed by atoms with Crippen molar-refractivity contribution in [3.05, 3.63) is 54.2 Å². The van der Waals surface area contributed by atoms with E-state index in [1.165, 1.54) is 16.5 Å². The van der Waals surface area contributed by atoms with Gasteiger partial charge < -0.3 is 14.0 Å². The van der Waals surface area contributed by atoms with E-state index in [9.17, 15) is 8.42 Å². The van der Waals surface area contributed by atoms with Crippen molar-refractivity contribution in [2.24, 2.45) is 7.05 Å². The lowest BCUT2D eigenvalue weighted by molar-refractivity contribution is 0.174. The summed E-state index contributed by atoms with van der Waals surface area (Å²) in [4.78, 5) is 0.264. The summed E-state index contributed by atoms with van der Waals surface area (Å²) in [5, 5.41) is 1.27. The number of hydrogen-bond acceptors (Lipinski definition) is 4. The van der Waals surface area contributed by atoms with E-state index in [-0.39, 0.29) is 11.7 Å². The van der Waals surface area contributed by atoms with Crippen LogP contribution in [0.25, 0.3) is 10.9 Å². The van der Waals surface area contributed by atoms with Crippen LogP contribution < -0.4 is 9.47 Å². The summed E-state index contributed by atoms with van der Waals surface area (Å²) < 4.78 is 40.5. The zero-order chi connectivity index (χ0) is 19.3. The van der Waals surface area contributed by atoms with Crippen molar-refractivity contribution in [1.82, 2.24) is 8.87 Å². The molecule has 0 spiro atoms. The number of rotatable bonds is 3. The number of fused-ring (bicyclic) bond motifs is 2. The lowest BCUT2D eigenvalue weighted by atomic mass is 9.90. The summed E-state index contributed by atoms with van der Waals surface area (Å²) in [7, 11) is -1.47. The third kappa shape index (κ3) is 2.77. The molecule has 1 aromatic heterocycles. The Kier molecular flexibility index (Phi) is 4.10. The van der Waals surface area contributed by atoms with E-state index in [2.05, 4.69) is 36.0 Å². The van der Waals surface area contributed by atoms with Gasteiger partial charge in [-0.25, -0.2) is 8.42 Å². The Morgan fingerprint density at radius 1 is 1.00 bits per heavy atom. The Balaban J connectivity index is 1.36. The van der Waals surface area contributed by atoms with Gasteiger partial charge >= 0.3 is 0 Å². The number of nitrogens with zero attached hydrogens (tertiary/aromatic N) is 2. The molecule has 6 nitrogen and oxygen atoms in total. The molecule has 1 saturated heterocycles. The Morgan fingerprint density at radius 3 is 2.57 bits per heavy atom. The number of hydrogen-bond donors (Lipinski definition) is 0. The molecular weight excluding hydrogens is 376 g/mol. The number of aryl methyl sites for hydroxylation is 1. The molecule has 7 heteroatoms. The summed E-state index contributed by atoms with van der Waals surface area (Å²) >= 11 is 0. The van der Waals surface area contributed by atoms with Crippen LogP contribution in [-0.4, -0.2) is 37.2 Å². The van der Waals surface area contributed by atoms with Gasteiger partial charge in [0.05, 0.1) is 4.90 Å². The zero-order valence-electron chi connectivity index (χ0n) is 15.7. The molecule has 5 rings (SSSR count). The van der Waals surface area contributed by atoms with Crippen molar-refractivity contribution < 1.29 is 17.9 Å². The third-order valence-corrected chi connectivity index (χ3v) is 7.70. The molecule has 0 N–H and O–H groups in total. The number of ether oxygens (including phenoxy) is 2. The second-order valence-corrected chi connectivity index (χ2v) is 9.34. The van der Waals surface area contributed by atoms with Crippen molar-refractivity contribution >= 4 is 20.9 Å². The molecule has 0 saturated carbocycles. The molecule has 0 aliphatic carbocycles. The highest BCUT2D eigenvalue weighted by Crippen LogP contribution is 2.37. The number of para-hydroxylation sites is 1. The molecule has 0 amide bonds. The quantitative estimate of drug-likeness (QED) is 0.678. The topological polar surface area (TPSA) is 60.8 Å². The predicted octanol–water partition coefficient (Wildman–Crippen LogP) is 3.48. The molecule has 28 heavy (non-hydrogen) atoms. The predicted molar refractivity (Wildman–Crippen MR) is 106 cm³/mol. The Labute approximate surface area is 164 Å². The van der Waals surface area contributed by atoms with Gasteiger partial charge in [-0.1, -0.05) is 18.2 Å². The van der Waals surface area contributed by atoms with Crippen LogP contribution in [0.5, 0.6) is 11.5 Å². The molecule has 0 atom stereocenters. The molecule has 146 valence electrons. The first-order valence-electron chi connectivity index (χ1n) is 9.48. The van der Waals surface area contributed by atoms with Gasteiger partial charge in [0.25, 0.3) is 0 Å². The number of piperidine rings is 1. The molecule has 3 aromatic rings. The average Bonchev–Trinajstić information content (AvgIpc) is 3.32. The smallest absolute Gasteiger partial charge is 0.243 e. The second kappa shape index (κ2) is 6.53. The van der Waals surface area contributed by atoms with Crippen LogP contribution >= 0.6 is 0 Å². The zero-order valence-corrected chi connectivity index (χ0v) is 16.5. The van der Waals surface area contributed by atoms with Crippen LogP contribution in [0.4, 0.5) is 0 Å². The van der Waals surface area contributed by atoms with Crippen LogP contribution in [0.1, 0.15) is 24.3 Å². The lowest BCUT2D eigenvalue weighted by Crippen LogP contribution is -2.37. The maximum absolute atomic E-state index is 13.1. The molecular formula is C21H22N2O4S. The first-order valence-corrected chi connectivity index (χ1v) is 10.9. The molecule has 0 radical (unpaired) electrons. The largest absolute Gasteiger partial charge is 0.454 e. The molecule has 1 fully saturated rings. The SMILES string of the molecule is Cn1cc(C2CCN(S(=O)(=O)c3ccc4c(c3)OCO4)CC2)c2ccccc21. The maximum Gasteiger partial charge on any atom is 0.243 e. The van der Waals surface area contributed by atoms with Crippen molar-refractivity contribution in [3.8, 4) is 11.5 Å². The van der Waals surface area contributed by atoms with Gasteiger partial charge in [-0.15, -0.1) is 0 Å². The summed E-state index contributed by atoms with van der Waals surface area (Å²) in [5.74, 6) is 1.45. The van der Waals surface area contributed by atoms with Gasteiger partial charge in [0.15, 0.2) is 11.5 Å². The minimum Gasteiger partial charge on any atom is -0.454 e. The molecule has 2 aromatic carbocycles. The number of sulfonamides is 1. The van der Waals surface area contributed by atoms with Gasteiger partial charge in [0.2, 0.25) is 16.8 Å². The standard InChI is InChI=1S/C21H22N2O4S/c1-22-13-18(17-4-2-3-5-19(17)22)15-8-10-23(11-9-15)28(24,25)16-6-7-20-21(12-16)27-14-26-20/h2-7,12-13,15H,8-11,14H2,1H3. The molecule has 0 bridgehead atoms. The summed E-state index contributed by atoms with van der Waals surface area (Å²) in [5.41, 5.74) is 2.53. The molecule has 3 heterocycles. The highest BCUT2D eigenvalue weighted by Gasteiger charge is 2.32. The van der Waals surface area contributed by atoms with Crippen LogP contribution in [0.15, 0.2) is 53.6 Å². The van der Waals surface area contributed by atoms with E-state index in [1.54, 1.807) is 22.5 Å². The van der Waals surface area contributed by atoms with Gasteiger partial charge in [-0.2, -0.15) is 4.31 Å². The van der Waals surface area contributed by atoms with Crippen LogP contribution in [-0.2, 0) is 17.1 Å². The minimum atomic E-state index is -3.53. The summed E-state index contributed by atoms with van der Waals surface area (Å²) in [6, 6.07) is 13.2. The first kappa shape index (κ1) is 17.6. The number of aromatic nitrogens is 1. The fraction of sp³-hybridized carbons (Fsp3) is 0.333. The van der Waals surface area contributed by atoms with Crippen LogP contribution in [0.2, 0.25) is 0 Å². The Morgan fingerprint density at radius 2 is 1.75 bits per heavy atom. The van der Waals surface area contributed by atoms with E-state index >= 15 is 0 Å². The van der Waals surface area contributed by atoms with Crippen molar-refractivity contribution in [3.63, 3.8) is 0 Å². The van der Waals surface area contributed by atoms with Crippen molar-refractivity contribution in [2.75, 3.05) is 19.9 Å². The Hall–Kier alpha value is -2.51. The fourth-order valence-electron chi connectivity index (χ4n) is 4.29. The minimum absolute atomic E-state index is 0.134. The van der Waals surface area contributed by atoms with Gasteiger partial charge in [-0.05, 0) is 42.5 Å². The lowest BCUT2D eigenvalue weighted by Gasteiger charge is -2.31. The molecule has 0 unspecified atom stereocenters. The average molecular weight is 398 g/mol. The van der Waals surface area contributed by atoms with E-state index < -0.39 is 10.0 Å². The monoisotopic (exact) mass is 398 g/mol. The van der Waals surface area contributed by atoms with Gasteiger partial charge in [-0.3, -0.25) is 0 Å². The molecule has 2 aliphatic rings. The van der Waals surface area contributed by atoms with E-state index in [1.807, 2.05) is 6.07 Å².